The van der Waals surface area contributed by atoms with E-state index < -0.39 is 15.8 Å². The average Bonchev–Trinajstić information content (AvgIpc) is 2.38. The van der Waals surface area contributed by atoms with Crippen molar-refractivity contribution in [3.8, 4) is 0 Å². The molecule has 0 aliphatic carbocycles. The summed E-state index contributed by atoms with van der Waals surface area (Å²) < 4.78 is 24.4. The van der Waals surface area contributed by atoms with E-state index in [0.29, 0.717) is 5.69 Å². The van der Waals surface area contributed by atoms with Crippen molar-refractivity contribution in [1.29, 1.82) is 0 Å². The lowest BCUT2D eigenvalue weighted by Crippen LogP contribution is -2.07. The van der Waals surface area contributed by atoms with Gasteiger partial charge >= 0.3 is 5.97 Å². The first-order chi connectivity index (χ1) is 9.38. The highest BCUT2D eigenvalue weighted by Crippen LogP contribution is 2.16. The minimum absolute atomic E-state index is 0.0534. The molecule has 20 heavy (non-hydrogen) atoms. The average molecular weight is 291 g/mol. The monoisotopic (exact) mass is 291 g/mol. The van der Waals surface area contributed by atoms with E-state index in [1.54, 1.807) is 25.1 Å². The molecule has 0 bridgehead atoms. The maximum absolute atomic E-state index is 12.2. The number of nitrogens with zero attached hydrogens (tertiary/aromatic N) is 1. The number of aromatic carboxylic acids is 1. The van der Waals surface area contributed by atoms with Gasteiger partial charge in [-0.15, -0.1) is 0 Å². The van der Waals surface area contributed by atoms with Gasteiger partial charge in [0.1, 0.15) is 0 Å². The second-order valence-electron chi connectivity index (χ2n) is 4.36. The summed E-state index contributed by atoms with van der Waals surface area (Å²) in [4.78, 5) is 15.0. The molecule has 0 fully saturated rings. The molecule has 0 saturated heterocycles. The van der Waals surface area contributed by atoms with Crippen molar-refractivity contribution in [2.24, 2.45) is 0 Å². The number of hydrogen-bond donors (Lipinski definition) is 1. The summed E-state index contributed by atoms with van der Waals surface area (Å²) in [6.45, 7) is 1.79. The maximum atomic E-state index is 12.2. The third-order valence-corrected chi connectivity index (χ3v) is 4.41. The second-order valence-corrected chi connectivity index (χ2v) is 6.35. The Morgan fingerprint density at radius 2 is 1.80 bits per heavy atom. The molecule has 0 amide bonds. The molecule has 0 aliphatic heterocycles. The molecule has 1 aromatic heterocycles. The van der Waals surface area contributed by atoms with Gasteiger partial charge in [-0.3, -0.25) is 4.98 Å². The van der Waals surface area contributed by atoms with Crippen LogP contribution in [-0.4, -0.2) is 24.5 Å². The van der Waals surface area contributed by atoms with Crippen molar-refractivity contribution >= 4 is 15.8 Å². The topological polar surface area (TPSA) is 84.3 Å². The van der Waals surface area contributed by atoms with E-state index in [1.807, 2.05) is 0 Å². The Bertz CT molecular complexity index is 736. The van der Waals surface area contributed by atoms with E-state index >= 15 is 0 Å². The summed E-state index contributed by atoms with van der Waals surface area (Å²) in [5, 5.41) is 8.78. The van der Waals surface area contributed by atoms with E-state index in [9.17, 15) is 13.2 Å². The van der Waals surface area contributed by atoms with Crippen LogP contribution in [0.2, 0.25) is 0 Å². The maximum Gasteiger partial charge on any atom is 0.335 e. The minimum Gasteiger partial charge on any atom is -0.478 e. The normalized spacial score (nSPS) is 11.2. The number of carboxylic acids is 1. The molecule has 0 saturated carbocycles. The number of carboxylic acid groups (broad SMARTS) is 1. The smallest absolute Gasteiger partial charge is 0.335 e. The van der Waals surface area contributed by atoms with E-state index in [0.717, 1.165) is 5.69 Å². The zero-order valence-electron chi connectivity index (χ0n) is 10.8. The molecule has 6 heteroatoms. The van der Waals surface area contributed by atoms with Gasteiger partial charge in [-0.05, 0) is 43.3 Å². The molecule has 0 unspecified atom stereocenters. The number of carbonyl (C=O) groups is 1. The SMILES string of the molecule is Cc1cccc(CS(=O)(=O)c2ccc(C(=O)O)cc2)n1. The molecule has 2 aromatic rings. The third kappa shape index (κ3) is 3.21. The van der Waals surface area contributed by atoms with Gasteiger partial charge in [-0.1, -0.05) is 6.07 Å². The predicted molar refractivity (Wildman–Crippen MR) is 73.3 cm³/mol. The molecule has 0 aliphatic rings. The fraction of sp³-hybridized carbons (Fsp3) is 0.143. The number of aryl methyl sites for hydroxylation is 1. The summed E-state index contributed by atoms with van der Waals surface area (Å²) in [6, 6.07) is 10.3. The highest BCUT2D eigenvalue weighted by molar-refractivity contribution is 7.90. The summed E-state index contributed by atoms with van der Waals surface area (Å²) in [6.07, 6.45) is 0. The van der Waals surface area contributed by atoms with Crippen LogP contribution in [0.15, 0.2) is 47.4 Å². The number of rotatable bonds is 4. The molecule has 0 radical (unpaired) electrons. The standard InChI is InChI=1S/C14H13NO4S/c1-10-3-2-4-12(15-10)9-20(18,19)13-7-5-11(6-8-13)14(16)17/h2-8H,9H2,1H3,(H,16,17). The molecular weight excluding hydrogens is 278 g/mol. The van der Waals surface area contributed by atoms with Crippen LogP contribution in [0.3, 0.4) is 0 Å². The van der Waals surface area contributed by atoms with Crippen molar-refractivity contribution < 1.29 is 18.3 Å². The van der Waals surface area contributed by atoms with Crippen molar-refractivity contribution in [1.82, 2.24) is 4.98 Å². The summed E-state index contributed by atoms with van der Waals surface area (Å²) >= 11 is 0. The molecule has 5 nitrogen and oxygen atoms in total. The highest BCUT2D eigenvalue weighted by atomic mass is 32.2. The lowest BCUT2D eigenvalue weighted by Gasteiger charge is -2.05. The van der Waals surface area contributed by atoms with Crippen LogP contribution in [0.5, 0.6) is 0 Å². The van der Waals surface area contributed by atoms with E-state index in [2.05, 4.69) is 4.98 Å². The molecule has 1 aromatic carbocycles. The zero-order valence-corrected chi connectivity index (χ0v) is 11.6. The summed E-state index contributed by atoms with van der Waals surface area (Å²) in [5.41, 5.74) is 1.27. The van der Waals surface area contributed by atoms with E-state index in [4.69, 9.17) is 5.11 Å². The van der Waals surface area contributed by atoms with Crippen molar-refractivity contribution in [2.45, 2.75) is 17.6 Å². The van der Waals surface area contributed by atoms with Gasteiger partial charge in [0.2, 0.25) is 0 Å². The predicted octanol–water partition coefficient (Wildman–Crippen LogP) is 2.06. The molecule has 1 N–H and O–H groups in total. The van der Waals surface area contributed by atoms with Crippen LogP contribution in [0.25, 0.3) is 0 Å². The fourth-order valence-corrected chi connectivity index (χ4v) is 3.03. The molecule has 104 valence electrons. The summed E-state index contributed by atoms with van der Waals surface area (Å²) in [5.74, 6) is -1.30. The fourth-order valence-electron chi connectivity index (χ4n) is 1.76. The Morgan fingerprint density at radius 3 is 2.35 bits per heavy atom. The molecule has 0 atom stereocenters. The first-order valence-corrected chi connectivity index (χ1v) is 7.52. The van der Waals surface area contributed by atoms with E-state index in [1.165, 1.54) is 24.3 Å². The van der Waals surface area contributed by atoms with Crippen molar-refractivity contribution in [3.05, 3.63) is 59.4 Å². The molecule has 2 rings (SSSR count). The van der Waals surface area contributed by atoms with Gasteiger partial charge in [0.15, 0.2) is 9.84 Å². The lowest BCUT2D eigenvalue weighted by atomic mass is 10.2. The van der Waals surface area contributed by atoms with Crippen LogP contribution in [-0.2, 0) is 15.6 Å². The first-order valence-electron chi connectivity index (χ1n) is 5.87. The Labute approximate surface area is 116 Å². The van der Waals surface area contributed by atoms with E-state index in [-0.39, 0.29) is 16.2 Å². The number of pyridine rings is 1. The van der Waals surface area contributed by atoms with Gasteiger partial charge in [-0.2, -0.15) is 0 Å². The van der Waals surface area contributed by atoms with Gasteiger partial charge in [0.05, 0.1) is 21.9 Å². The van der Waals surface area contributed by atoms with Crippen molar-refractivity contribution in [2.75, 3.05) is 0 Å². The number of sulfone groups is 1. The van der Waals surface area contributed by atoms with Crippen LogP contribution < -0.4 is 0 Å². The Morgan fingerprint density at radius 1 is 1.15 bits per heavy atom. The van der Waals surface area contributed by atoms with Crippen molar-refractivity contribution in [3.63, 3.8) is 0 Å². The van der Waals surface area contributed by atoms with Gasteiger partial charge in [0, 0.05) is 5.69 Å². The van der Waals surface area contributed by atoms with Crippen LogP contribution in [0.4, 0.5) is 0 Å². The highest BCUT2D eigenvalue weighted by Gasteiger charge is 2.16. The third-order valence-electron chi connectivity index (χ3n) is 2.74. The number of aromatic nitrogens is 1. The quantitative estimate of drug-likeness (QED) is 0.932. The first kappa shape index (κ1) is 14.2. The van der Waals surface area contributed by atoms with Gasteiger partial charge < -0.3 is 5.11 Å². The van der Waals surface area contributed by atoms with Crippen LogP contribution >= 0.6 is 0 Å². The van der Waals surface area contributed by atoms with Crippen LogP contribution in [0.1, 0.15) is 21.7 Å². The molecular formula is C14H13NO4S. The van der Waals surface area contributed by atoms with Gasteiger partial charge in [-0.25, -0.2) is 13.2 Å². The molecule has 0 spiro atoms. The van der Waals surface area contributed by atoms with Crippen LogP contribution in [0, 0.1) is 6.92 Å². The lowest BCUT2D eigenvalue weighted by molar-refractivity contribution is 0.0696. The Kier molecular flexibility index (Phi) is 3.85. The zero-order chi connectivity index (χ0) is 14.8. The molecule has 1 heterocycles. The Balaban J connectivity index is 2.28. The number of benzene rings is 1. The Hall–Kier alpha value is -2.21. The van der Waals surface area contributed by atoms with Gasteiger partial charge in [0.25, 0.3) is 0 Å². The number of hydrogen-bond acceptors (Lipinski definition) is 4. The second kappa shape index (κ2) is 5.42. The minimum atomic E-state index is -3.53. The largest absolute Gasteiger partial charge is 0.478 e. The summed E-state index contributed by atoms with van der Waals surface area (Å²) in [7, 11) is -3.53.